The number of thioether (sulfide) groups is 1. The van der Waals surface area contributed by atoms with E-state index in [0.717, 1.165) is 16.6 Å². The van der Waals surface area contributed by atoms with Gasteiger partial charge in [-0.15, -0.1) is 11.8 Å². The maximum atomic E-state index is 13.7. The number of nitrogens with one attached hydrogen (secondary N) is 1. The van der Waals surface area contributed by atoms with E-state index in [9.17, 15) is 18.9 Å². The topological polar surface area (TPSA) is 55.2 Å². The predicted molar refractivity (Wildman–Crippen MR) is 78.6 cm³/mol. The quantitative estimate of drug-likeness (QED) is 0.511. The van der Waals surface area contributed by atoms with E-state index < -0.39 is 22.2 Å². The van der Waals surface area contributed by atoms with Crippen LogP contribution in [-0.4, -0.2) is 11.2 Å². The van der Waals surface area contributed by atoms with Crippen molar-refractivity contribution < 1.29 is 13.7 Å². The second-order valence-corrected chi connectivity index (χ2v) is 5.05. The Morgan fingerprint density at radius 2 is 1.95 bits per heavy atom. The number of nitrogens with zero attached hydrogens (tertiary/aromatic N) is 1. The zero-order valence-electron chi connectivity index (χ0n) is 11.1. The normalized spacial score (nSPS) is 10.4. The Hall–Kier alpha value is -2.15. The van der Waals surface area contributed by atoms with E-state index in [1.165, 1.54) is 11.8 Å². The van der Waals surface area contributed by atoms with Gasteiger partial charge in [0.05, 0.1) is 4.92 Å². The van der Waals surface area contributed by atoms with E-state index in [4.69, 9.17) is 0 Å². The number of benzene rings is 2. The molecule has 0 heterocycles. The highest BCUT2D eigenvalue weighted by Crippen LogP contribution is 2.26. The highest BCUT2D eigenvalue weighted by Gasteiger charge is 2.18. The molecular weight excluding hydrogens is 298 g/mol. The van der Waals surface area contributed by atoms with Gasteiger partial charge in [-0.3, -0.25) is 10.1 Å². The summed E-state index contributed by atoms with van der Waals surface area (Å²) in [4.78, 5) is 10.8. The Balaban J connectivity index is 2.24. The van der Waals surface area contributed by atoms with E-state index in [-0.39, 0.29) is 12.1 Å². The van der Waals surface area contributed by atoms with Gasteiger partial charge in [0.1, 0.15) is 5.82 Å². The Kier molecular flexibility index (Phi) is 4.74. The molecule has 0 aliphatic rings. The first kappa shape index (κ1) is 15.2. The number of anilines is 1. The van der Waals surface area contributed by atoms with Crippen molar-refractivity contribution in [2.75, 3.05) is 11.6 Å². The average molecular weight is 310 g/mol. The lowest BCUT2D eigenvalue weighted by atomic mass is 10.1. The van der Waals surface area contributed by atoms with Crippen LogP contribution in [0.3, 0.4) is 0 Å². The molecule has 0 radical (unpaired) electrons. The molecule has 0 saturated heterocycles. The lowest BCUT2D eigenvalue weighted by Crippen LogP contribution is -2.05. The third-order valence-electron chi connectivity index (χ3n) is 2.89. The van der Waals surface area contributed by atoms with Crippen LogP contribution in [0.15, 0.2) is 41.3 Å². The molecule has 0 fully saturated rings. The predicted octanol–water partition coefficient (Wildman–Crippen LogP) is 4.21. The van der Waals surface area contributed by atoms with Crippen molar-refractivity contribution in [2.24, 2.45) is 0 Å². The monoisotopic (exact) mass is 310 g/mol. The highest BCUT2D eigenvalue weighted by atomic mass is 32.2. The molecule has 0 spiro atoms. The van der Waals surface area contributed by atoms with Gasteiger partial charge in [-0.25, -0.2) is 4.39 Å². The maximum absolute atomic E-state index is 13.7. The Morgan fingerprint density at radius 3 is 2.62 bits per heavy atom. The van der Waals surface area contributed by atoms with E-state index >= 15 is 0 Å². The van der Waals surface area contributed by atoms with Gasteiger partial charge in [-0.05, 0) is 18.4 Å². The SMILES string of the molecule is CSc1ccccc1NCc1cc([N+](=O)[O-])c(F)cc1F. The van der Waals surface area contributed by atoms with Crippen molar-refractivity contribution >= 4 is 23.1 Å². The molecule has 2 aromatic rings. The largest absolute Gasteiger partial charge is 0.380 e. The summed E-state index contributed by atoms with van der Waals surface area (Å²) in [5, 5.41) is 13.7. The minimum absolute atomic E-state index is 0.0323. The summed E-state index contributed by atoms with van der Waals surface area (Å²) in [6.07, 6.45) is 1.91. The molecule has 2 rings (SSSR count). The van der Waals surface area contributed by atoms with Crippen LogP contribution in [0.1, 0.15) is 5.56 Å². The number of rotatable bonds is 5. The number of halogens is 2. The van der Waals surface area contributed by atoms with Gasteiger partial charge in [-0.2, -0.15) is 4.39 Å². The first-order valence-corrected chi connectivity index (χ1v) is 7.24. The van der Waals surface area contributed by atoms with Gasteiger partial charge < -0.3 is 5.32 Å². The smallest absolute Gasteiger partial charge is 0.305 e. The number of nitro benzene ring substituents is 1. The van der Waals surface area contributed by atoms with Gasteiger partial charge in [0, 0.05) is 34.8 Å². The lowest BCUT2D eigenvalue weighted by Gasteiger charge is -2.11. The first-order chi connectivity index (χ1) is 10.0. The summed E-state index contributed by atoms with van der Waals surface area (Å²) >= 11 is 1.52. The van der Waals surface area contributed by atoms with E-state index in [2.05, 4.69) is 5.32 Å². The van der Waals surface area contributed by atoms with Crippen LogP contribution >= 0.6 is 11.8 Å². The van der Waals surface area contributed by atoms with Crippen LogP contribution in [0.5, 0.6) is 0 Å². The fourth-order valence-electron chi connectivity index (χ4n) is 1.84. The minimum atomic E-state index is -1.18. The zero-order chi connectivity index (χ0) is 15.4. The Labute approximate surface area is 124 Å². The van der Waals surface area contributed by atoms with Crippen molar-refractivity contribution in [3.05, 3.63) is 63.7 Å². The molecule has 0 atom stereocenters. The molecule has 0 unspecified atom stereocenters. The van der Waals surface area contributed by atoms with Crippen molar-refractivity contribution in [2.45, 2.75) is 11.4 Å². The Bertz CT molecular complexity index is 680. The van der Waals surface area contributed by atoms with Gasteiger partial charge in [0.15, 0.2) is 0 Å². The summed E-state index contributed by atoms with van der Waals surface area (Å²) in [5.74, 6) is -1.99. The summed E-state index contributed by atoms with van der Waals surface area (Å²) in [5.41, 5.74) is 0.0988. The fourth-order valence-corrected chi connectivity index (χ4v) is 2.41. The molecule has 0 bridgehead atoms. The number of hydrogen-bond acceptors (Lipinski definition) is 4. The lowest BCUT2D eigenvalue weighted by molar-refractivity contribution is -0.387. The van der Waals surface area contributed by atoms with Crippen LogP contribution in [0.4, 0.5) is 20.2 Å². The molecular formula is C14H12F2N2O2S. The zero-order valence-corrected chi connectivity index (χ0v) is 11.9. The van der Waals surface area contributed by atoms with E-state index in [1.807, 2.05) is 30.5 Å². The first-order valence-electron chi connectivity index (χ1n) is 6.02. The van der Waals surface area contributed by atoms with Crippen LogP contribution < -0.4 is 5.32 Å². The second-order valence-electron chi connectivity index (χ2n) is 4.21. The maximum Gasteiger partial charge on any atom is 0.305 e. The van der Waals surface area contributed by atoms with Crippen molar-refractivity contribution in [1.82, 2.24) is 0 Å². The Morgan fingerprint density at radius 1 is 1.24 bits per heavy atom. The third kappa shape index (κ3) is 3.49. The average Bonchev–Trinajstić information content (AvgIpc) is 2.46. The van der Waals surface area contributed by atoms with Crippen LogP contribution in [0.2, 0.25) is 0 Å². The molecule has 0 aromatic heterocycles. The number of para-hydroxylation sites is 1. The summed E-state index contributed by atoms with van der Waals surface area (Å²) < 4.78 is 26.9. The molecule has 110 valence electrons. The van der Waals surface area contributed by atoms with Crippen molar-refractivity contribution in [3.63, 3.8) is 0 Å². The van der Waals surface area contributed by atoms with E-state index in [0.29, 0.717) is 6.07 Å². The molecule has 2 aromatic carbocycles. The molecule has 1 N–H and O–H groups in total. The van der Waals surface area contributed by atoms with Gasteiger partial charge in [-0.1, -0.05) is 12.1 Å². The van der Waals surface area contributed by atoms with Gasteiger partial charge in [0.2, 0.25) is 5.82 Å². The van der Waals surface area contributed by atoms with Gasteiger partial charge in [0.25, 0.3) is 0 Å². The molecule has 7 heteroatoms. The minimum Gasteiger partial charge on any atom is -0.380 e. The van der Waals surface area contributed by atoms with Crippen molar-refractivity contribution in [3.8, 4) is 0 Å². The molecule has 0 saturated carbocycles. The van der Waals surface area contributed by atoms with Gasteiger partial charge >= 0.3 is 5.69 Å². The molecule has 0 amide bonds. The summed E-state index contributed by atoms with van der Waals surface area (Å²) in [6, 6.07) is 8.87. The van der Waals surface area contributed by atoms with Crippen LogP contribution in [-0.2, 0) is 6.54 Å². The fraction of sp³-hybridized carbons (Fsp3) is 0.143. The van der Waals surface area contributed by atoms with Crippen molar-refractivity contribution in [1.29, 1.82) is 0 Å². The summed E-state index contributed by atoms with van der Waals surface area (Å²) in [7, 11) is 0. The van der Waals surface area contributed by atoms with Crippen LogP contribution in [0, 0.1) is 21.7 Å². The number of nitro groups is 1. The molecule has 0 aliphatic heterocycles. The highest BCUT2D eigenvalue weighted by molar-refractivity contribution is 7.98. The summed E-state index contributed by atoms with van der Waals surface area (Å²) in [6.45, 7) is 0.0323. The number of hydrogen-bond donors (Lipinski definition) is 1. The van der Waals surface area contributed by atoms with Crippen LogP contribution in [0.25, 0.3) is 0 Å². The standard InChI is InChI=1S/C14H12F2N2O2S/c1-21-14-5-3-2-4-12(14)17-8-9-6-13(18(19)20)11(16)7-10(9)15/h2-7,17H,8H2,1H3. The molecule has 4 nitrogen and oxygen atoms in total. The van der Waals surface area contributed by atoms with E-state index in [1.54, 1.807) is 0 Å². The third-order valence-corrected chi connectivity index (χ3v) is 3.68. The molecule has 0 aliphatic carbocycles. The molecule has 21 heavy (non-hydrogen) atoms. The second kappa shape index (κ2) is 6.53.